The first-order chi connectivity index (χ1) is 9.19. The maximum atomic E-state index is 12.8. The van der Waals surface area contributed by atoms with E-state index >= 15 is 0 Å². The van der Waals surface area contributed by atoms with Crippen LogP contribution < -0.4 is 5.32 Å². The maximum absolute atomic E-state index is 12.8. The second-order valence-corrected chi connectivity index (χ2v) is 5.18. The van der Waals surface area contributed by atoms with Gasteiger partial charge in [0, 0.05) is 19.5 Å². The fraction of sp³-hybridized carbons (Fsp3) is 0.533. The van der Waals surface area contributed by atoms with Crippen LogP contribution >= 0.6 is 0 Å². The molecule has 2 rings (SSSR count). The number of nitrogens with zero attached hydrogens (tertiary/aromatic N) is 1. The molecular weight excluding hydrogens is 243 g/mol. The van der Waals surface area contributed by atoms with Crippen LogP contribution in [0, 0.1) is 11.7 Å². The van der Waals surface area contributed by atoms with Crippen molar-refractivity contribution in [3.63, 3.8) is 0 Å². The summed E-state index contributed by atoms with van der Waals surface area (Å²) in [5.41, 5.74) is 1.01. The van der Waals surface area contributed by atoms with Crippen molar-refractivity contribution in [2.45, 2.75) is 19.3 Å². The minimum Gasteiger partial charge on any atom is -0.342 e. The molecule has 1 aromatic carbocycles. The zero-order valence-electron chi connectivity index (χ0n) is 11.4. The number of carbonyl (C=O) groups excluding carboxylic acids is 1. The molecular formula is C15H21FN2O. The van der Waals surface area contributed by atoms with Gasteiger partial charge in [-0.15, -0.1) is 0 Å². The van der Waals surface area contributed by atoms with E-state index in [1.807, 2.05) is 11.9 Å². The first kappa shape index (κ1) is 14.0. The molecule has 19 heavy (non-hydrogen) atoms. The molecule has 0 saturated carbocycles. The number of halogens is 1. The summed E-state index contributed by atoms with van der Waals surface area (Å²) in [6.45, 7) is 2.71. The summed E-state index contributed by atoms with van der Waals surface area (Å²) in [5.74, 6) is 0.562. The molecule has 0 spiro atoms. The van der Waals surface area contributed by atoms with Crippen LogP contribution in [0.15, 0.2) is 24.3 Å². The molecule has 4 heteroatoms. The molecule has 3 nitrogen and oxygen atoms in total. The molecule has 0 bridgehead atoms. The lowest BCUT2D eigenvalue weighted by atomic mass is 10.1. The van der Waals surface area contributed by atoms with Crippen molar-refractivity contribution in [2.75, 3.05) is 26.7 Å². The molecule has 1 heterocycles. The zero-order valence-corrected chi connectivity index (χ0v) is 11.4. The van der Waals surface area contributed by atoms with Gasteiger partial charge in [0.05, 0.1) is 0 Å². The van der Waals surface area contributed by atoms with Crippen LogP contribution in [0.1, 0.15) is 18.4 Å². The standard InChI is InChI=1S/C15H21FN2O/c1-17-10-13-8-9-18(11-13)15(19)7-4-12-2-5-14(16)6-3-12/h2-3,5-6,13,17H,4,7-11H2,1H3. The number of hydrogen-bond donors (Lipinski definition) is 1. The number of amides is 1. The Balaban J connectivity index is 1.77. The smallest absolute Gasteiger partial charge is 0.222 e. The lowest BCUT2D eigenvalue weighted by molar-refractivity contribution is -0.130. The number of nitrogens with one attached hydrogen (secondary N) is 1. The average Bonchev–Trinajstić information content (AvgIpc) is 2.87. The van der Waals surface area contributed by atoms with E-state index in [0.29, 0.717) is 18.8 Å². The van der Waals surface area contributed by atoms with Crippen molar-refractivity contribution in [3.8, 4) is 0 Å². The Bertz CT molecular complexity index is 419. The van der Waals surface area contributed by atoms with Gasteiger partial charge in [0.1, 0.15) is 5.82 Å². The van der Waals surface area contributed by atoms with E-state index in [1.165, 1.54) is 12.1 Å². The molecule has 1 N–H and O–H groups in total. The first-order valence-electron chi connectivity index (χ1n) is 6.86. The third-order valence-electron chi connectivity index (χ3n) is 3.67. The molecule has 1 unspecified atom stereocenters. The summed E-state index contributed by atoms with van der Waals surface area (Å²) < 4.78 is 12.8. The van der Waals surface area contributed by atoms with Crippen LogP contribution in [0.3, 0.4) is 0 Å². The second-order valence-electron chi connectivity index (χ2n) is 5.18. The van der Waals surface area contributed by atoms with Crippen LogP contribution in [0.5, 0.6) is 0 Å². The van der Waals surface area contributed by atoms with Gasteiger partial charge in [0.25, 0.3) is 0 Å². The van der Waals surface area contributed by atoms with Gasteiger partial charge in [-0.1, -0.05) is 12.1 Å². The summed E-state index contributed by atoms with van der Waals surface area (Å²) in [7, 11) is 1.94. The maximum Gasteiger partial charge on any atom is 0.222 e. The van der Waals surface area contributed by atoms with Crippen LogP contribution in [-0.2, 0) is 11.2 Å². The third-order valence-corrected chi connectivity index (χ3v) is 3.67. The molecule has 1 atom stereocenters. The van der Waals surface area contributed by atoms with Gasteiger partial charge >= 0.3 is 0 Å². The third kappa shape index (κ3) is 4.03. The summed E-state index contributed by atoms with van der Waals surface area (Å²) in [5, 5.41) is 3.16. The van der Waals surface area contributed by atoms with Crippen LogP contribution in [0.25, 0.3) is 0 Å². The number of carbonyl (C=O) groups is 1. The van der Waals surface area contributed by atoms with E-state index in [-0.39, 0.29) is 11.7 Å². The molecule has 1 fully saturated rings. The van der Waals surface area contributed by atoms with Crippen molar-refractivity contribution < 1.29 is 9.18 Å². The van der Waals surface area contributed by atoms with Gasteiger partial charge in [-0.2, -0.15) is 0 Å². The summed E-state index contributed by atoms with van der Waals surface area (Å²) in [6.07, 6.45) is 2.29. The van der Waals surface area contributed by atoms with Crippen molar-refractivity contribution in [2.24, 2.45) is 5.92 Å². The minimum absolute atomic E-state index is 0.211. The summed E-state index contributed by atoms with van der Waals surface area (Å²) in [6, 6.07) is 6.38. The van der Waals surface area contributed by atoms with E-state index < -0.39 is 0 Å². The van der Waals surface area contributed by atoms with Gasteiger partial charge in [0.15, 0.2) is 0 Å². The Morgan fingerprint density at radius 3 is 2.84 bits per heavy atom. The molecule has 1 saturated heterocycles. The fourth-order valence-corrected chi connectivity index (χ4v) is 2.57. The van der Waals surface area contributed by atoms with Crippen molar-refractivity contribution >= 4 is 5.91 Å². The van der Waals surface area contributed by atoms with E-state index in [0.717, 1.165) is 31.6 Å². The highest BCUT2D eigenvalue weighted by Crippen LogP contribution is 2.17. The Labute approximate surface area is 113 Å². The van der Waals surface area contributed by atoms with E-state index in [4.69, 9.17) is 0 Å². The van der Waals surface area contributed by atoms with Crippen LogP contribution in [-0.4, -0.2) is 37.5 Å². The SMILES string of the molecule is CNCC1CCN(C(=O)CCc2ccc(F)cc2)C1. The summed E-state index contributed by atoms with van der Waals surface area (Å²) >= 11 is 0. The molecule has 1 amide bonds. The number of rotatable bonds is 5. The number of aryl methyl sites for hydroxylation is 1. The molecule has 0 aromatic heterocycles. The zero-order chi connectivity index (χ0) is 13.7. The largest absolute Gasteiger partial charge is 0.342 e. The van der Waals surface area contributed by atoms with E-state index in [2.05, 4.69) is 5.32 Å². The van der Waals surface area contributed by atoms with E-state index in [1.54, 1.807) is 12.1 Å². The van der Waals surface area contributed by atoms with Gasteiger partial charge in [0.2, 0.25) is 5.91 Å². The topological polar surface area (TPSA) is 32.3 Å². The predicted molar refractivity (Wildman–Crippen MR) is 73.3 cm³/mol. The molecule has 0 aliphatic carbocycles. The molecule has 1 aliphatic heterocycles. The highest BCUT2D eigenvalue weighted by molar-refractivity contribution is 5.76. The number of hydrogen-bond acceptors (Lipinski definition) is 2. The molecule has 0 radical (unpaired) electrons. The van der Waals surface area contributed by atoms with Gasteiger partial charge in [-0.05, 0) is 50.0 Å². The average molecular weight is 264 g/mol. The normalized spacial score (nSPS) is 18.8. The summed E-state index contributed by atoms with van der Waals surface area (Å²) in [4.78, 5) is 14.0. The number of likely N-dealkylation sites (tertiary alicyclic amines) is 1. The van der Waals surface area contributed by atoms with Crippen molar-refractivity contribution in [1.82, 2.24) is 10.2 Å². The quantitative estimate of drug-likeness (QED) is 0.880. The van der Waals surface area contributed by atoms with Gasteiger partial charge in [-0.25, -0.2) is 4.39 Å². The van der Waals surface area contributed by atoms with Gasteiger partial charge in [-0.3, -0.25) is 4.79 Å². The number of benzene rings is 1. The Kier molecular flexibility index (Phi) is 4.91. The van der Waals surface area contributed by atoms with Crippen molar-refractivity contribution in [3.05, 3.63) is 35.6 Å². The van der Waals surface area contributed by atoms with Crippen LogP contribution in [0.2, 0.25) is 0 Å². The molecule has 104 valence electrons. The highest BCUT2D eigenvalue weighted by atomic mass is 19.1. The monoisotopic (exact) mass is 264 g/mol. The van der Waals surface area contributed by atoms with Crippen LogP contribution in [0.4, 0.5) is 4.39 Å². The second kappa shape index (κ2) is 6.66. The first-order valence-corrected chi connectivity index (χ1v) is 6.86. The Hall–Kier alpha value is -1.42. The van der Waals surface area contributed by atoms with Crippen molar-refractivity contribution in [1.29, 1.82) is 0 Å². The lowest BCUT2D eigenvalue weighted by Gasteiger charge is -2.16. The molecule has 1 aromatic rings. The van der Waals surface area contributed by atoms with Gasteiger partial charge < -0.3 is 10.2 Å². The fourth-order valence-electron chi connectivity index (χ4n) is 2.57. The predicted octanol–water partition coefficient (Wildman–Crippen LogP) is 1.83. The minimum atomic E-state index is -0.232. The highest BCUT2D eigenvalue weighted by Gasteiger charge is 2.25. The Morgan fingerprint density at radius 1 is 1.42 bits per heavy atom. The Morgan fingerprint density at radius 2 is 2.16 bits per heavy atom. The molecule has 1 aliphatic rings. The van der Waals surface area contributed by atoms with E-state index in [9.17, 15) is 9.18 Å². The lowest BCUT2D eigenvalue weighted by Crippen LogP contribution is -2.30.